The monoisotopic (exact) mass is 292 g/mol. The summed E-state index contributed by atoms with van der Waals surface area (Å²) in [5.41, 5.74) is 2.27. The first-order valence-corrected chi connectivity index (χ1v) is 7.80. The number of aliphatic hydroxyl groups excluding tert-OH is 1. The van der Waals surface area contributed by atoms with Gasteiger partial charge in [0.05, 0.1) is 18.3 Å². The van der Waals surface area contributed by atoms with E-state index >= 15 is 0 Å². The number of anilines is 1. The van der Waals surface area contributed by atoms with E-state index in [9.17, 15) is 5.11 Å². The topological polar surface area (TPSA) is 44.7 Å². The molecule has 2 rings (SSSR count). The molecule has 1 aliphatic heterocycles. The normalized spacial score (nSPS) is 23.1. The Balaban J connectivity index is 2.14. The van der Waals surface area contributed by atoms with Gasteiger partial charge in [0, 0.05) is 24.8 Å². The Bertz CT molecular complexity index is 441. The average molecular weight is 292 g/mol. The van der Waals surface area contributed by atoms with Crippen LogP contribution in [0, 0.1) is 0 Å². The van der Waals surface area contributed by atoms with Crippen LogP contribution in [0.4, 0.5) is 5.69 Å². The average Bonchev–Trinajstić information content (AvgIpc) is 2.47. The number of nitrogens with zero attached hydrogens (tertiary/aromatic N) is 1. The van der Waals surface area contributed by atoms with E-state index in [-0.39, 0.29) is 18.3 Å². The molecular weight excluding hydrogens is 264 g/mol. The molecule has 21 heavy (non-hydrogen) atoms. The molecule has 1 aromatic rings. The zero-order valence-corrected chi connectivity index (χ0v) is 13.6. The van der Waals surface area contributed by atoms with Crippen LogP contribution in [-0.2, 0) is 4.74 Å². The van der Waals surface area contributed by atoms with Crippen molar-refractivity contribution in [2.75, 3.05) is 31.6 Å². The van der Waals surface area contributed by atoms with Gasteiger partial charge in [-0.25, -0.2) is 0 Å². The molecule has 0 radical (unpaired) electrons. The van der Waals surface area contributed by atoms with Gasteiger partial charge in [-0.05, 0) is 45.0 Å². The Morgan fingerprint density at radius 3 is 2.57 bits per heavy atom. The molecule has 0 bridgehead atoms. The lowest BCUT2D eigenvalue weighted by Gasteiger charge is -2.43. The summed E-state index contributed by atoms with van der Waals surface area (Å²) in [7, 11) is 2.00. The van der Waals surface area contributed by atoms with E-state index in [0.717, 1.165) is 19.5 Å². The Labute approximate surface area is 128 Å². The van der Waals surface area contributed by atoms with Crippen LogP contribution in [0.15, 0.2) is 24.3 Å². The van der Waals surface area contributed by atoms with Gasteiger partial charge >= 0.3 is 0 Å². The third kappa shape index (κ3) is 3.96. The van der Waals surface area contributed by atoms with Crippen LogP contribution in [-0.4, -0.2) is 43.6 Å². The maximum atomic E-state index is 9.41. The highest BCUT2D eigenvalue weighted by Crippen LogP contribution is 2.27. The zero-order chi connectivity index (χ0) is 15.5. The first-order valence-electron chi connectivity index (χ1n) is 7.80. The lowest BCUT2D eigenvalue weighted by Crippen LogP contribution is -2.54. The van der Waals surface area contributed by atoms with E-state index in [0.29, 0.717) is 6.04 Å². The van der Waals surface area contributed by atoms with E-state index in [1.165, 1.54) is 11.3 Å². The molecule has 0 amide bonds. The van der Waals surface area contributed by atoms with Crippen molar-refractivity contribution < 1.29 is 9.84 Å². The molecule has 1 aliphatic rings. The lowest BCUT2D eigenvalue weighted by molar-refractivity contribution is -0.101. The Kier molecular flexibility index (Phi) is 5.25. The van der Waals surface area contributed by atoms with Crippen molar-refractivity contribution in [3.63, 3.8) is 0 Å². The molecule has 0 aliphatic carbocycles. The summed E-state index contributed by atoms with van der Waals surface area (Å²) in [6.45, 7) is 7.98. The van der Waals surface area contributed by atoms with Gasteiger partial charge in [0.25, 0.3) is 0 Å². The maximum Gasteiger partial charge on any atom is 0.0988 e. The predicted molar refractivity (Wildman–Crippen MR) is 86.8 cm³/mol. The minimum absolute atomic E-state index is 0.0652. The van der Waals surface area contributed by atoms with Crippen molar-refractivity contribution in [1.82, 2.24) is 5.32 Å². The van der Waals surface area contributed by atoms with Crippen LogP contribution in [0.2, 0.25) is 0 Å². The van der Waals surface area contributed by atoms with Crippen LogP contribution >= 0.6 is 0 Å². The summed E-state index contributed by atoms with van der Waals surface area (Å²) in [5, 5.41) is 12.7. The SMILES string of the molecule is CCC(NC)c1ccc(N2CC(CO)OC(C)(C)C2)cc1. The predicted octanol–water partition coefficient (Wildman–Crippen LogP) is 2.33. The summed E-state index contributed by atoms with van der Waals surface area (Å²) in [5.74, 6) is 0. The maximum absolute atomic E-state index is 9.41. The van der Waals surface area contributed by atoms with Gasteiger partial charge in [0.15, 0.2) is 0 Å². The first kappa shape index (κ1) is 16.3. The molecule has 1 fully saturated rings. The summed E-state index contributed by atoms with van der Waals surface area (Å²) in [6, 6.07) is 9.13. The second-order valence-electron chi connectivity index (χ2n) is 6.40. The number of aliphatic hydroxyl groups is 1. The molecule has 2 N–H and O–H groups in total. The second kappa shape index (κ2) is 6.77. The highest BCUT2D eigenvalue weighted by atomic mass is 16.5. The number of nitrogens with one attached hydrogen (secondary N) is 1. The summed E-state index contributed by atoms with van der Waals surface area (Å²) in [4.78, 5) is 2.30. The third-order valence-corrected chi connectivity index (χ3v) is 4.10. The van der Waals surface area contributed by atoms with Crippen LogP contribution in [0.3, 0.4) is 0 Å². The first-order chi connectivity index (χ1) is 9.99. The quantitative estimate of drug-likeness (QED) is 0.874. The molecular formula is C17H28N2O2. The molecule has 1 heterocycles. The fourth-order valence-corrected chi connectivity index (χ4v) is 3.11. The molecule has 0 saturated carbocycles. The van der Waals surface area contributed by atoms with Crippen molar-refractivity contribution in [1.29, 1.82) is 0 Å². The fraction of sp³-hybridized carbons (Fsp3) is 0.647. The summed E-state index contributed by atoms with van der Waals surface area (Å²) < 4.78 is 5.87. The Morgan fingerprint density at radius 1 is 1.38 bits per heavy atom. The van der Waals surface area contributed by atoms with E-state index in [1.807, 2.05) is 7.05 Å². The van der Waals surface area contributed by atoms with Gasteiger partial charge in [-0.3, -0.25) is 0 Å². The molecule has 0 spiro atoms. The minimum atomic E-state index is -0.235. The van der Waals surface area contributed by atoms with Crippen molar-refractivity contribution in [3.8, 4) is 0 Å². The fourth-order valence-electron chi connectivity index (χ4n) is 3.11. The number of ether oxygens (including phenoxy) is 1. The third-order valence-electron chi connectivity index (χ3n) is 4.10. The van der Waals surface area contributed by atoms with Gasteiger partial charge in [-0.1, -0.05) is 19.1 Å². The van der Waals surface area contributed by atoms with E-state index in [2.05, 4.69) is 55.3 Å². The van der Waals surface area contributed by atoms with Gasteiger partial charge < -0.3 is 20.1 Å². The minimum Gasteiger partial charge on any atom is -0.394 e. The van der Waals surface area contributed by atoms with Crippen molar-refractivity contribution in [3.05, 3.63) is 29.8 Å². The van der Waals surface area contributed by atoms with Crippen molar-refractivity contribution >= 4 is 5.69 Å². The van der Waals surface area contributed by atoms with Gasteiger partial charge in [-0.15, -0.1) is 0 Å². The van der Waals surface area contributed by atoms with Gasteiger partial charge in [0.1, 0.15) is 0 Å². The summed E-state index contributed by atoms with van der Waals surface area (Å²) >= 11 is 0. The zero-order valence-electron chi connectivity index (χ0n) is 13.6. The number of hydrogen-bond donors (Lipinski definition) is 2. The van der Waals surface area contributed by atoms with Crippen LogP contribution < -0.4 is 10.2 Å². The largest absolute Gasteiger partial charge is 0.394 e. The standard InChI is InChI=1S/C17H28N2O2/c1-5-16(18-4)13-6-8-14(9-7-13)19-10-15(11-20)21-17(2,3)12-19/h6-9,15-16,18,20H,5,10-12H2,1-4H3. The number of benzene rings is 1. The van der Waals surface area contributed by atoms with Crippen LogP contribution in [0.1, 0.15) is 38.8 Å². The van der Waals surface area contributed by atoms with Crippen LogP contribution in [0.5, 0.6) is 0 Å². The Morgan fingerprint density at radius 2 is 2.05 bits per heavy atom. The molecule has 2 unspecified atom stereocenters. The van der Waals surface area contributed by atoms with Crippen LogP contribution in [0.25, 0.3) is 0 Å². The van der Waals surface area contributed by atoms with E-state index < -0.39 is 0 Å². The molecule has 2 atom stereocenters. The molecule has 1 saturated heterocycles. The molecule has 1 aromatic carbocycles. The van der Waals surface area contributed by atoms with Crippen molar-refractivity contribution in [2.24, 2.45) is 0 Å². The summed E-state index contributed by atoms with van der Waals surface area (Å²) in [6.07, 6.45) is 0.960. The highest BCUT2D eigenvalue weighted by Gasteiger charge is 2.33. The highest BCUT2D eigenvalue weighted by molar-refractivity contribution is 5.49. The second-order valence-corrected chi connectivity index (χ2v) is 6.40. The van der Waals surface area contributed by atoms with E-state index in [4.69, 9.17) is 4.74 Å². The number of hydrogen-bond acceptors (Lipinski definition) is 4. The van der Waals surface area contributed by atoms with Gasteiger partial charge in [0.2, 0.25) is 0 Å². The van der Waals surface area contributed by atoms with Gasteiger partial charge in [-0.2, -0.15) is 0 Å². The van der Waals surface area contributed by atoms with Crippen molar-refractivity contribution in [2.45, 2.75) is 44.9 Å². The molecule has 118 valence electrons. The molecule has 0 aromatic heterocycles. The Hall–Kier alpha value is -1.10. The molecule has 4 heteroatoms. The number of rotatable bonds is 5. The number of morpholine rings is 1. The van der Waals surface area contributed by atoms with E-state index in [1.54, 1.807) is 0 Å². The molecule has 4 nitrogen and oxygen atoms in total. The lowest BCUT2D eigenvalue weighted by atomic mass is 10.0. The smallest absolute Gasteiger partial charge is 0.0988 e.